The van der Waals surface area contributed by atoms with Crippen molar-refractivity contribution in [2.45, 2.75) is 5.16 Å². The fourth-order valence-corrected chi connectivity index (χ4v) is 3.98. The number of aromatic nitrogens is 4. The monoisotopic (exact) mass is 469 g/mol. The van der Waals surface area contributed by atoms with Crippen LogP contribution in [0, 0.1) is 0 Å². The van der Waals surface area contributed by atoms with Crippen LogP contribution in [0.4, 0.5) is 5.69 Å². The van der Waals surface area contributed by atoms with E-state index < -0.39 is 0 Å². The number of nitrogens with zero attached hydrogens (tertiary/aromatic N) is 3. The molecule has 0 radical (unpaired) electrons. The van der Waals surface area contributed by atoms with Gasteiger partial charge < -0.3 is 15.0 Å². The summed E-state index contributed by atoms with van der Waals surface area (Å²) in [4.78, 5) is 32.4. The molecule has 168 valence electrons. The first kappa shape index (κ1) is 21.5. The Hall–Kier alpha value is -4.37. The van der Waals surface area contributed by atoms with E-state index in [0.717, 1.165) is 17.4 Å². The number of aromatic amines is 1. The van der Waals surface area contributed by atoms with E-state index in [-0.39, 0.29) is 17.2 Å². The first-order valence-corrected chi connectivity index (χ1v) is 11.4. The third kappa shape index (κ3) is 4.69. The van der Waals surface area contributed by atoms with E-state index in [2.05, 4.69) is 20.4 Å². The molecule has 2 aromatic heterocycles. The molecule has 0 aliphatic heterocycles. The highest BCUT2D eigenvalue weighted by Crippen LogP contribution is 2.29. The second-order valence-corrected chi connectivity index (χ2v) is 8.21. The van der Waals surface area contributed by atoms with E-state index in [9.17, 15) is 9.59 Å². The van der Waals surface area contributed by atoms with Crippen LogP contribution in [-0.4, -0.2) is 31.4 Å². The van der Waals surface area contributed by atoms with Crippen molar-refractivity contribution in [3.8, 4) is 17.2 Å². The maximum atomic E-state index is 12.7. The molecule has 5 rings (SSSR count). The van der Waals surface area contributed by atoms with Gasteiger partial charge in [-0.05, 0) is 36.4 Å². The minimum atomic E-state index is -0.309. The number of ether oxygens (including phenoxy) is 1. The zero-order valence-electron chi connectivity index (χ0n) is 17.8. The highest BCUT2D eigenvalue weighted by atomic mass is 32.2. The molecule has 9 heteroatoms. The van der Waals surface area contributed by atoms with Crippen LogP contribution in [0.5, 0.6) is 11.5 Å². The number of benzene rings is 3. The molecular weight excluding hydrogens is 450 g/mol. The number of carbonyl (C=O) groups excluding carboxylic acids is 1. The van der Waals surface area contributed by atoms with Crippen molar-refractivity contribution in [3.63, 3.8) is 0 Å². The van der Waals surface area contributed by atoms with Crippen molar-refractivity contribution in [1.82, 2.24) is 19.7 Å². The number of hydrogen-bond donors (Lipinski definition) is 2. The Morgan fingerprint density at radius 3 is 2.47 bits per heavy atom. The van der Waals surface area contributed by atoms with Gasteiger partial charge in [-0.15, -0.1) is 0 Å². The standard InChI is InChI=1S/C25H19N5O3S/c31-22(27-20-13-7-8-14-21(20)33-18-11-5-2-6-12-18)16-34-25-28-23-19(24(32)29-25)15-26-30(23)17-9-3-1-4-10-17/h1-15H,16H2,(H,27,31)(H,28,29,32). The predicted molar refractivity (Wildman–Crippen MR) is 132 cm³/mol. The van der Waals surface area contributed by atoms with Crippen LogP contribution in [0.25, 0.3) is 16.7 Å². The van der Waals surface area contributed by atoms with E-state index >= 15 is 0 Å². The molecule has 2 heterocycles. The fraction of sp³-hybridized carbons (Fsp3) is 0.0400. The van der Waals surface area contributed by atoms with Gasteiger partial charge in [-0.1, -0.05) is 60.3 Å². The number of nitrogens with one attached hydrogen (secondary N) is 2. The molecule has 2 N–H and O–H groups in total. The molecule has 3 aromatic carbocycles. The lowest BCUT2D eigenvalue weighted by molar-refractivity contribution is -0.113. The van der Waals surface area contributed by atoms with Gasteiger partial charge in [0.25, 0.3) is 5.56 Å². The maximum Gasteiger partial charge on any atom is 0.262 e. The summed E-state index contributed by atoms with van der Waals surface area (Å²) in [5.74, 6) is 0.997. The van der Waals surface area contributed by atoms with Crippen molar-refractivity contribution in [1.29, 1.82) is 0 Å². The second-order valence-electron chi connectivity index (χ2n) is 7.25. The van der Waals surface area contributed by atoms with Gasteiger partial charge in [0.15, 0.2) is 16.6 Å². The van der Waals surface area contributed by atoms with Gasteiger partial charge in [0.05, 0.1) is 23.3 Å². The lowest BCUT2D eigenvalue weighted by Gasteiger charge is -2.12. The molecule has 0 saturated heterocycles. The van der Waals surface area contributed by atoms with Crippen LogP contribution in [0.1, 0.15) is 0 Å². The van der Waals surface area contributed by atoms with Gasteiger partial charge >= 0.3 is 0 Å². The number of H-pyrrole nitrogens is 1. The van der Waals surface area contributed by atoms with E-state index in [1.807, 2.05) is 72.8 Å². The number of anilines is 1. The average Bonchev–Trinajstić information content (AvgIpc) is 3.30. The van der Waals surface area contributed by atoms with Crippen molar-refractivity contribution in [2.75, 3.05) is 11.1 Å². The number of fused-ring (bicyclic) bond motifs is 1. The van der Waals surface area contributed by atoms with E-state index in [4.69, 9.17) is 4.74 Å². The van der Waals surface area contributed by atoms with Crippen LogP contribution >= 0.6 is 11.8 Å². The van der Waals surface area contributed by atoms with Gasteiger partial charge in [0.2, 0.25) is 5.91 Å². The van der Waals surface area contributed by atoms with Crippen LogP contribution in [-0.2, 0) is 4.79 Å². The number of rotatable bonds is 7. The summed E-state index contributed by atoms with van der Waals surface area (Å²) < 4.78 is 7.50. The van der Waals surface area contributed by atoms with Crippen LogP contribution in [0.15, 0.2) is 101 Å². The molecule has 0 fully saturated rings. The summed E-state index contributed by atoms with van der Waals surface area (Å²) in [5.41, 5.74) is 1.46. The van der Waals surface area contributed by atoms with Crippen molar-refractivity contribution in [2.24, 2.45) is 0 Å². The topological polar surface area (TPSA) is 102 Å². The summed E-state index contributed by atoms with van der Waals surface area (Å²) in [7, 11) is 0. The van der Waals surface area contributed by atoms with Crippen LogP contribution in [0.2, 0.25) is 0 Å². The van der Waals surface area contributed by atoms with Crippen molar-refractivity contribution >= 4 is 34.4 Å². The molecule has 8 nitrogen and oxygen atoms in total. The van der Waals surface area contributed by atoms with Gasteiger partial charge in [-0.25, -0.2) is 9.67 Å². The summed E-state index contributed by atoms with van der Waals surface area (Å²) in [6, 6.07) is 26.0. The zero-order chi connectivity index (χ0) is 23.3. The molecule has 0 bridgehead atoms. The Labute approximate surface area is 198 Å². The normalized spacial score (nSPS) is 10.8. The fourth-order valence-electron chi connectivity index (χ4n) is 3.32. The maximum absolute atomic E-state index is 12.7. The number of para-hydroxylation sites is 4. The second kappa shape index (κ2) is 9.63. The smallest absolute Gasteiger partial charge is 0.262 e. The summed E-state index contributed by atoms with van der Waals surface area (Å²) in [6.07, 6.45) is 1.49. The highest BCUT2D eigenvalue weighted by molar-refractivity contribution is 7.99. The number of carbonyl (C=O) groups is 1. The first-order valence-electron chi connectivity index (χ1n) is 10.5. The van der Waals surface area contributed by atoms with Gasteiger partial charge in [0.1, 0.15) is 11.1 Å². The Morgan fingerprint density at radius 2 is 1.68 bits per heavy atom. The predicted octanol–water partition coefficient (Wildman–Crippen LogP) is 4.63. The summed E-state index contributed by atoms with van der Waals surface area (Å²) in [5, 5.41) is 7.87. The molecule has 0 unspecified atom stereocenters. The molecule has 0 aliphatic carbocycles. The number of amides is 1. The molecule has 1 amide bonds. The third-order valence-corrected chi connectivity index (χ3v) is 5.76. The molecule has 0 atom stereocenters. The van der Waals surface area contributed by atoms with E-state index in [1.54, 1.807) is 16.8 Å². The Morgan fingerprint density at radius 1 is 0.971 bits per heavy atom. The van der Waals surface area contributed by atoms with Crippen molar-refractivity contribution in [3.05, 3.63) is 101 Å². The van der Waals surface area contributed by atoms with Crippen molar-refractivity contribution < 1.29 is 9.53 Å². The van der Waals surface area contributed by atoms with E-state index in [1.165, 1.54) is 6.20 Å². The number of thioether (sulfide) groups is 1. The Balaban J connectivity index is 1.31. The molecule has 0 spiro atoms. The summed E-state index contributed by atoms with van der Waals surface area (Å²) in [6.45, 7) is 0. The lowest BCUT2D eigenvalue weighted by atomic mass is 10.3. The Kier molecular flexibility index (Phi) is 6.09. The lowest BCUT2D eigenvalue weighted by Crippen LogP contribution is -2.16. The quantitative estimate of drug-likeness (QED) is 0.266. The SMILES string of the molecule is O=C(CSc1nc2c(cnn2-c2ccccc2)c(=O)[nH]1)Nc1ccccc1Oc1ccccc1. The van der Waals surface area contributed by atoms with Gasteiger partial charge in [-0.3, -0.25) is 9.59 Å². The minimum Gasteiger partial charge on any atom is -0.455 e. The minimum absolute atomic E-state index is 0.0492. The summed E-state index contributed by atoms with van der Waals surface area (Å²) >= 11 is 1.13. The molecule has 0 aliphatic rings. The van der Waals surface area contributed by atoms with Crippen LogP contribution in [0.3, 0.4) is 0 Å². The third-order valence-electron chi connectivity index (χ3n) is 4.89. The Bertz CT molecular complexity index is 1500. The number of hydrogen-bond acceptors (Lipinski definition) is 6. The van der Waals surface area contributed by atoms with Crippen LogP contribution < -0.4 is 15.6 Å². The molecule has 5 aromatic rings. The molecular formula is C25H19N5O3S. The van der Waals surface area contributed by atoms with Gasteiger partial charge in [0, 0.05) is 0 Å². The van der Waals surface area contributed by atoms with Gasteiger partial charge in [-0.2, -0.15) is 5.10 Å². The largest absolute Gasteiger partial charge is 0.455 e. The average molecular weight is 470 g/mol. The molecule has 0 saturated carbocycles. The zero-order valence-corrected chi connectivity index (χ0v) is 18.7. The molecule has 34 heavy (non-hydrogen) atoms. The first-order chi connectivity index (χ1) is 16.7. The highest BCUT2D eigenvalue weighted by Gasteiger charge is 2.14. The van der Waals surface area contributed by atoms with E-state index in [0.29, 0.717) is 33.4 Å².